The second-order valence-corrected chi connectivity index (χ2v) is 15.0. The molecule has 0 unspecified atom stereocenters. The lowest BCUT2D eigenvalue weighted by Crippen LogP contribution is -2.61. The molecule has 5 heterocycles. The van der Waals surface area contributed by atoms with Crippen molar-refractivity contribution >= 4 is 112 Å². The maximum absolute atomic E-state index is 7.00. The van der Waals surface area contributed by atoms with Gasteiger partial charge in [-0.05, 0) is 96.0 Å². The smallest absolute Gasteiger partial charge is 0.257 e. The fraction of sp³-hybridized carbons (Fsp3) is 0.0408. The van der Waals surface area contributed by atoms with E-state index in [-0.39, 0.29) is 6.71 Å². The fourth-order valence-electron chi connectivity index (χ4n) is 9.95. The summed E-state index contributed by atoms with van der Waals surface area (Å²) in [6, 6.07) is 53.3. The summed E-state index contributed by atoms with van der Waals surface area (Å²) in [6.45, 7) is -0.118. The van der Waals surface area contributed by atoms with Crippen molar-refractivity contribution in [2.24, 2.45) is 0 Å². The van der Waals surface area contributed by atoms with E-state index in [1.54, 1.807) is 0 Å². The topological polar surface area (TPSA) is 36.9 Å². The lowest BCUT2D eigenvalue weighted by molar-refractivity contribution is 0.582. The molecule has 3 aliphatic rings. The molecule has 55 heavy (non-hydrogen) atoms. The molecule has 2 aliphatic heterocycles. The number of aromatic nitrogens is 2. The minimum atomic E-state index is -0.118. The van der Waals surface area contributed by atoms with Crippen molar-refractivity contribution < 1.29 is 4.42 Å². The standard InChI is InChI=1S/C49H31BN4O/c1-4-14-30(15-5-1)49-51-38-26-27-42-46(48(38)55-49)50-37-29-43-36(35-22-12-21-34-33-20-10-11-23-39(33)54(43)47(34)35)28-44(37)53(32-18-8-3-9-19-32)41-25-13-24-40(45(41)50)52(42)31-16-6-2-7-17-31/h1-4,6-14,16-29H,5,15H2. The van der Waals surface area contributed by atoms with Crippen molar-refractivity contribution in [1.82, 2.24) is 9.38 Å². The van der Waals surface area contributed by atoms with E-state index in [4.69, 9.17) is 9.40 Å². The molecule has 0 fully saturated rings. The number of hydrogen-bond donors (Lipinski definition) is 0. The van der Waals surface area contributed by atoms with Crippen LogP contribution in [0.3, 0.4) is 0 Å². The molecule has 0 bridgehead atoms. The average Bonchev–Trinajstić information content (AvgIpc) is 3.94. The van der Waals surface area contributed by atoms with Crippen LogP contribution in [0, 0.1) is 0 Å². The summed E-state index contributed by atoms with van der Waals surface area (Å²) in [6.07, 6.45) is 8.39. The van der Waals surface area contributed by atoms with Gasteiger partial charge in [-0.25, -0.2) is 4.98 Å². The minimum Gasteiger partial charge on any atom is -0.437 e. The van der Waals surface area contributed by atoms with Crippen LogP contribution in [0.2, 0.25) is 0 Å². The number of hydrogen-bond acceptors (Lipinski definition) is 4. The highest BCUT2D eigenvalue weighted by atomic mass is 16.3. The number of rotatable bonds is 3. The molecular weight excluding hydrogens is 671 g/mol. The van der Waals surface area contributed by atoms with E-state index >= 15 is 0 Å². The molecule has 0 atom stereocenters. The van der Waals surface area contributed by atoms with Gasteiger partial charge in [0.05, 0.1) is 16.6 Å². The lowest BCUT2D eigenvalue weighted by atomic mass is 9.33. The Hall–Kier alpha value is -7.05. The van der Waals surface area contributed by atoms with Gasteiger partial charge < -0.3 is 18.6 Å². The zero-order valence-electron chi connectivity index (χ0n) is 29.8. The Kier molecular flexibility index (Phi) is 5.76. The van der Waals surface area contributed by atoms with Gasteiger partial charge in [-0.15, -0.1) is 0 Å². The van der Waals surface area contributed by atoms with Crippen molar-refractivity contribution in [2.45, 2.75) is 12.8 Å². The zero-order valence-corrected chi connectivity index (χ0v) is 29.8. The van der Waals surface area contributed by atoms with Gasteiger partial charge in [0.1, 0.15) is 5.52 Å². The Morgan fingerprint density at radius 3 is 2.00 bits per heavy atom. The highest BCUT2D eigenvalue weighted by Crippen LogP contribution is 2.47. The molecule has 1 aliphatic carbocycles. The third-order valence-corrected chi connectivity index (χ3v) is 12.2. The second-order valence-electron chi connectivity index (χ2n) is 15.0. The second kappa shape index (κ2) is 10.8. The number of para-hydroxylation sites is 4. The van der Waals surface area contributed by atoms with E-state index < -0.39 is 0 Å². The predicted molar refractivity (Wildman–Crippen MR) is 229 cm³/mol. The van der Waals surface area contributed by atoms with E-state index in [1.807, 2.05) is 0 Å². The third-order valence-electron chi connectivity index (χ3n) is 12.2. The van der Waals surface area contributed by atoms with Crippen LogP contribution in [0.5, 0.6) is 0 Å². The van der Waals surface area contributed by atoms with Crippen LogP contribution in [0.1, 0.15) is 18.7 Å². The summed E-state index contributed by atoms with van der Waals surface area (Å²) in [5.74, 6) is 0.714. The number of fused-ring (bicyclic) bond motifs is 12. The highest BCUT2D eigenvalue weighted by molar-refractivity contribution is 7.01. The van der Waals surface area contributed by atoms with E-state index in [9.17, 15) is 0 Å². The van der Waals surface area contributed by atoms with Crippen LogP contribution >= 0.6 is 0 Å². The molecule has 0 amide bonds. The van der Waals surface area contributed by atoms with Gasteiger partial charge in [0, 0.05) is 61.2 Å². The van der Waals surface area contributed by atoms with Gasteiger partial charge in [-0.1, -0.05) is 97.1 Å². The van der Waals surface area contributed by atoms with Crippen molar-refractivity contribution in [2.75, 3.05) is 9.80 Å². The minimum absolute atomic E-state index is 0.118. The van der Waals surface area contributed by atoms with E-state index in [0.717, 1.165) is 52.0 Å². The summed E-state index contributed by atoms with van der Waals surface area (Å²) in [4.78, 5) is 10.1. The molecule has 0 saturated heterocycles. The predicted octanol–water partition coefficient (Wildman–Crippen LogP) is 10.8. The van der Waals surface area contributed by atoms with Crippen molar-refractivity contribution in [3.63, 3.8) is 0 Å². The van der Waals surface area contributed by atoms with Gasteiger partial charge in [-0.2, -0.15) is 0 Å². The first-order chi connectivity index (χ1) is 27.3. The van der Waals surface area contributed by atoms with Gasteiger partial charge >= 0.3 is 0 Å². The number of benzene rings is 7. The first kappa shape index (κ1) is 29.4. The van der Waals surface area contributed by atoms with Crippen LogP contribution < -0.4 is 26.2 Å². The zero-order chi connectivity index (χ0) is 35.8. The van der Waals surface area contributed by atoms with E-state index in [1.165, 1.54) is 66.1 Å². The normalized spacial score (nSPS) is 14.7. The highest BCUT2D eigenvalue weighted by Gasteiger charge is 2.45. The van der Waals surface area contributed by atoms with Gasteiger partial charge in [0.2, 0.25) is 5.89 Å². The van der Waals surface area contributed by atoms with Crippen molar-refractivity contribution in [3.05, 3.63) is 170 Å². The van der Waals surface area contributed by atoms with Crippen LogP contribution in [-0.4, -0.2) is 16.1 Å². The quantitative estimate of drug-likeness (QED) is 0.172. The molecule has 0 radical (unpaired) electrons. The molecule has 6 heteroatoms. The summed E-state index contributed by atoms with van der Waals surface area (Å²) >= 11 is 0. The average molecular weight is 703 g/mol. The Bertz CT molecular complexity index is 3290. The third kappa shape index (κ3) is 3.85. The summed E-state index contributed by atoms with van der Waals surface area (Å²) in [5, 5.41) is 5.10. The largest absolute Gasteiger partial charge is 0.437 e. The molecule has 0 spiro atoms. The summed E-state index contributed by atoms with van der Waals surface area (Å²) in [5.41, 5.74) is 17.2. The molecule has 256 valence electrons. The van der Waals surface area contributed by atoms with Crippen molar-refractivity contribution in [1.29, 1.82) is 0 Å². The first-order valence-corrected chi connectivity index (χ1v) is 19.2. The Balaban J connectivity index is 1.19. The Morgan fingerprint density at radius 2 is 1.24 bits per heavy atom. The summed E-state index contributed by atoms with van der Waals surface area (Å²) in [7, 11) is 0. The van der Waals surface area contributed by atoms with E-state index in [2.05, 4.69) is 178 Å². The van der Waals surface area contributed by atoms with Crippen LogP contribution in [-0.2, 0) is 0 Å². The fourth-order valence-corrected chi connectivity index (χ4v) is 9.95. The number of oxazole rings is 1. The molecule has 13 rings (SSSR count). The molecule has 10 aromatic rings. The van der Waals surface area contributed by atoms with Gasteiger partial charge in [0.25, 0.3) is 6.71 Å². The molecule has 0 saturated carbocycles. The van der Waals surface area contributed by atoms with Gasteiger partial charge in [0.15, 0.2) is 5.58 Å². The van der Waals surface area contributed by atoms with Crippen molar-refractivity contribution in [3.8, 4) is 0 Å². The Labute approximate surface area is 317 Å². The van der Waals surface area contributed by atoms with Crippen LogP contribution in [0.25, 0.3) is 54.8 Å². The maximum atomic E-state index is 7.00. The molecule has 3 aromatic heterocycles. The van der Waals surface area contributed by atoms with Gasteiger partial charge in [-0.3, -0.25) is 0 Å². The SMILES string of the molecule is C1=CCCC(c2nc3ccc4c(c3o2)B2c3cc5c(cc3N(c3ccccc3)c3cccc(c32)N4c2ccccc2)c2cccc3c4ccccc4n5c32)=C1. The maximum Gasteiger partial charge on any atom is 0.257 e. The number of allylic oxidation sites excluding steroid dienone is 4. The lowest BCUT2D eigenvalue weighted by Gasteiger charge is -2.44. The van der Waals surface area contributed by atoms with Crippen LogP contribution in [0.4, 0.5) is 34.1 Å². The molecular formula is C49H31BN4O. The first-order valence-electron chi connectivity index (χ1n) is 19.2. The molecule has 0 N–H and O–H groups in total. The number of nitrogens with zero attached hydrogens (tertiary/aromatic N) is 4. The van der Waals surface area contributed by atoms with E-state index in [0.29, 0.717) is 5.89 Å². The molecule has 5 nitrogen and oxygen atoms in total. The summed E-state index contributed by atoms with van der Waals surface area (Å²) < 4.78 is 9.50. The number of anilines is 6. The Morgan fingerprint density at radius 1 is 0.564 bits per heavy atom. The van der Waals surface area contributed by atoms with Crippen LogP contribution in [0.15, 0.2) is 168 Å². The molecule has 7 aromatic carbocycles. The monoisotopic (exact) mass is 702 g/mol.